The highest BCUT2D eigenvalue weighted by atomic mass is 32.2. The lowest BCUT2D eigenvalue weighted by Gasteiger charge is -2.10. The topological polar surface area (TPSA) is 49.3 Å². The number of thioether (sulfide) groups is 1. The van der Waals surface area contributed by atoms with Gasteiger partial charge in [-0.15, -0.1) is 0 Å². The van der Waals surface area contributed by atoms with Crippen molar-refractivity contribution < 1.29 is 9.90 Å². The number of rotatable bonds is 7. The van der Waals surface area contributed by atoms with Crippen molar-refractivity contribution in [3.8, 4) is 0 Å². The Labute approximate surface area is 129 Å². The van der Waals surface area contributed by atoms with E-state index in [2.05, 4.69) is 5.32 Å². The fourth-order valence-electron chi connectivity index (χ4n) is 1.88. The minimum Gasteiger partial charge on any atom is -0.388 e. The highest BCUT2D eigenvalue weighted by molar-refractivity contribution is 7.99. The van der Waals surface area contributed by atoms with Crippen LogP contribution in [-0.4, -0.2) is 22.5 Å². The zero-order chi connectivity index (χ0) is 14.9. The Morgan fingerprint density at radius 3 is 2.33 bits per heavy atom. The summed E-state index contributed by atoms with van der Waals surface area (Å²) in [5, 5.41) is 12.8. The molecule has 0 unspecified atom stereocenters. The lowest BCUT2D eigenvalue weighted by molar-refractivity contribution is -0.115. The van der Waals surface area contributed by atoms with Gasteiger partial charge in [0.1, 0.15) is 0 Å². The summed E-state index contributed by atoms with van der Waals surface area (Å²) in [5.41, 5.74) is 1.73. The fourth-order valence-corrected chi connectivity index (χ4v) is 2.79. The second-order valence-corrected chi connectivity index (χ2v) is 5.82. The fraction of sp³-hybridized carbons (Fsp3) is 0.235. The van der Waals surface area contributed by atoms with Gasteiger partial charge in [-0.3, -0.25) is 4.79 Å². The van der Waals surface area contributed by atoms with Crippen LogP contribution >= 0.6 is 11.8 Å². The summed E-state index contributed by atoms with van der Waals surface area (Å²) in [6, 6.07) is 19.0. The Hall–Kier alpha value is -1.78. The van der Waals surface area contributed by atoms with Gasteiger partial charge in [0.15, 0.2) is 0 Å². The van der Waals surface area contributed by atoms with Crippen molar-refractivity contribution in [2.45, 2.75) is 12.5 Å². The number of anilines is 1. The number of carbonyl (C=O) groups excluding carboxylic acids is 1. The van der Waals surface area contributed by atoms with Gasteiger partial charge in [0.05, 0.1) is 6.10 Å². The normalized spacial score (nSPS) is 11.9. The molecule has 0 aliphatic carbocycles. The molecule has 1 amide bonds. The third-order valence-electron chi connectivity index (χ3n) is 2.99. The molecule has 3 nitrogen and oxygen atoms in total. The summed E-state index contributed by atoms with van der Waals surface area (Å²) in [7, 11) is 0. The smallest absolute Gasteiger partial charge is 0.225 e. The van der Waals surface area contributed by atoms with Gasteiger partial charge in [0.25, 0.3) is 0 Å². The summed E-state index contributed by atoms with van der Waals surface area (Å²) < 4.78 is 0. The number of para-hydroxylation sites is 1. The second-order valence-electron chi connectivity index (χ2n) is 4.67. The van der Waals surface area contributed by atoms with E-state index in [-0.39, 0.29) is 5.91 Å². The largest absolute Gasteiger partial charge is 0.388 e. The molecule has 0 aliphatic heterocycles. The average molecular weight is 301 g/mol. The molecule has 110 valence electrons. The zero-order valence-electron chi connectivity index (χ0n) is 11.7. The molecule has 0 saturated heterocycles. The minimum absolute atomic E-state index is 0.00269. The van der Waals surface area contributed by atoms with Gasteiger partial charge < -0.3 is 10.4 Å². The molecule has 1 atom stereocenters. The molecule has 21 heavy (non-hydrogen) atoms. The Morgan fingerprint density at radius 1 is 1.05 bits per heavy atom. The zero-order valence-corrected chi connectivity index (χ0v) is 12.6. The second kappa shape index (κ2) is 8.49. The Bertz CT molecular complexity index is 545. The number of hydrogen-bond donors (Lipinski definition) is 2. The molecular weight excluding hydrogens is 282 g/mol. The minimum atomic E-state index is -0.478. The van der Waals surface area contributed by atoms with Crippen molar-refractivity contribution in [1.82, 2.24) is 0 Å². The van der Waals surface area contributed by atoms with Crippen LogP contribution in [0, 0.1) is 0 Å². The molecule has 0 bridgehead atoms. The van der Waals surface area contributed by atoms with Gasteiger partial charge in [-0.1, -0.05) is 48.5 Å². The molecule has 0 radical (unpaired) electrons. The molecule has 2 aromatic rings. The van der Waals surface area contributed by atoms with Crippen LogP contribution in [0.2, 0.25) is 0 Å². The van der Waals surface area contributed by atoms with E-state index in [1.165, 1.54) is 0 Å². The van der Waals surface area contributed by atoms with Gasteiger partial charge in [-0.2, -0.15) is 11.8 Å². The molecule has 2 N–H and O–H groups in total. The van der Waals surface area contributed by atoms with Crippen LogP contribution in [-0.2, 0) is 4.79 Å². The molecule has 0 fully saturated rings. The van der Waals surface area contributed by atoms with Crippen molar-refractivity contribution >= 4 is 23.4 Å². The van der Waals surface area contributed by atoms with E-state index >= 15 is 0 Å². The maximum absolute atomic E-state index is 11.7. The van der Waals surface area contributed by atoms with Crippen molar-refractivity contribution in [2.24, 2.45) is 0 Å². The molecule has 4 heteroatoms. The van der Waals surface area contributed by atoms with E-state index in [0.717, 1.165) is 11.3 Å². The standard InChI is InChI=1S/C17H19NO2S/c19-16(14-7-3-1-4-8-14)13-21-12-11-17(20)18-15-9-5-2-6-10-15/h1-10,16,19H,11-13H2,(H,18,20)/t16-/m1/s1. The maximum atomic E-state index is 11.7. The van der Waals surface area contributed by atoms with Crippen LogP contribution in [0.4, 0.5) is 5.69 Å². The van der Waals surface area contributed by atoms with E-state index in [9.17, 15) is 9.90 Å². The summed E-state index contributed by atoms with van der Waals surface area (Å²) in [6.07, 6.45) is -0.0328. The molecule has 0 saturated carbocycles. The predicted octanol–water partition coefficient (Wildman–Crippen LogP) is 3.48. The van der Waals surface area contributed by atoms with E-state index in [1.54, 1.807) is 11.8 Å². The number of nitrogens with one attached hydrogen (secondary N) is 1. The number of hydrogen-bond acceptors (Lipinski definition) is 3. The molecular formula is C17H19NO2S. The molecule has 2 rings (SSSR count). The average Bonchev–Trinajstić information content (AvgIpc) is 2.53. The summed E-state index contributed by atoms with van der Waals surface area (Å²) in [5.74, 6) is 1.30. The van der Waals surface area contributed by atoms with Crippen LogP contribution in [0.15, 0.2) is 60.7 Å². The first kappa shape index (κ1) is 15.6. The molecule has 0 aromatic heterocycles. The van der Waals surface area contributed by atoms with Gasteiger partial charge >= 0.3 is 0 Å². The van der Waals surface area contributed by atoms with Crippen molar-refractivity contribution in [1.29, 1.82) is 0 Å². The van der Waals surface area contributed by atoms with Gasteiger partial charge in [0.2, 0.25) is 5.91 Å². The highest BCUT2D eigenvalue weighted by Gasteiger charge is 2.07. The number of benzene rings is 2. The highest BCUT2D eigenvalue weighted by Crippen LogP contribution is 2.18. The molecule has 0 heterocycles. The van der Waals surface area contributed by atoms with Gasteiger partial charge in [-0.25, -0.2) is 0 Å². The maximum Gasteiger partial charge on any atom is 0.225 e. The van der Waals surface area contributed by atoms with E-state index < -0.39 is 6.10 Å². The molecule has 0 spiro atoms. The van der Waals surface area contributed by atoms with Crippen LogP contribution in [0.25, 0.3) is 0 Å². The monoisotopic (exact) mass is 301 g/mol. The van der Waals surface area contributed by atoms with Crippen molar-refractivity contribution in [3.05, 3.63) is 66.2 Å². The predicted molar refractivity (Wildman–Crippen MR) is 88.4 cm³/mol. The molecule has 2 aromatic carbocycles. The summed E-state index contributed by atoms with van der Waals surface area (Å²) in [4.78, 5) is 11.7. The van der Waals surface area contributed by atoms with Crippen molar-refractivity contribution in [3.63, 3.8) is 0 Å². The Morgan fingerprint density at radius 2 is 1.67 bits per heavy atom. The Kier molecular flexibility index (Phi) is 6.31. The number of carbonyl (C=O) groups is 1. The van der Waals surface area contributed by atoms with Crippen LogP contribution in [0.3, 0.4) is 0 Å². The third kappa shape index (κ3) is 5.61. The third-order valence-corrected chi connectivity index (χ3v) is 4.04. The number of amides is 1. The van der Waals surface area contributed by atoms with Crippen LogP contribution in [0.1, 0.15) is 18.1 Å². The van der Waals surface area contributed by atoms with Crippen LogP contribution < -0.4 is 5.32 Å². The molecule has 0 aliphatic rings. The first-order chi connectivity index (χ1) is 10.3. The Balaban J connectivity index is 1.64. The van der Waals surface area contributed by atoms with Crippen LogP contribution in [0.5, 0.6) is 0 Å². The van der Waals surface area contributed by atoms with E-state index in [1.807, 2.05) is 60.7 Å². The van der Waals surface area contributed by atoms with E-state index in [4.69, 9.17) is 0 Å². The van der Waals surface area contributed by atoms with E-state index in [0.29, 0.717) is 17.9 Å². The first-order valence-corrected chi connectivity index (χ1v) is 8.07. The summed E-state index contributed by atoms with van der Waals surface area (Å²) in [6.45, 7) is 0. The van der Waals surface area contributed by atoms with Gasteiger partial charge in [-0.05, 0) is 17.7 Å². The summed E-state index contributed by atoms with van der Waals surface area (Å²) >= 11 is 1.58. The van der Waals surface area contributed by atoms with Crippen molar-refractivity contribution in [2.75, 3.05) is 16.8 Å². The first-order valence-electron chi connectivity index (χ1n) is 6.91. The number of aliphatic hydroxyl groups excluding tert-OH is 1. The lowest BCUT2D eigenvalue weighted by Crippen LogP contribution is -2.12. The SMILES string of the molecule is O=C(CCSC[C@@H](O)c1ccccc1)Nc1ccccc1. The lowest BCUT2D eigenvalue weighted by atomic mass is 10.1. The van der Waals surface area contributed by atoms with Gasteiger partial charge in [0, 0.05) is 23.6 Å². The number of aliphatic hydroxyl groups is 1. The quantitative estimate of drug-likeness (QED) is 0.770.